The molecule has 1 aliphatic rings. The second kappa shape index (κ2) is 5.69. The summed E-state index contributed by atoms with van der Waals surface area (Å²) < 4.78 is 23.0. The van der Waals surface area contributed by atoms with Crippen LogP contribution in [0.2, 0.25) is 5.02 Å². The molecule has 2 rings (SSSR count). The van der Waals surface area contributed by atoms with Crippen molar-refractivity contribution >= 4 is 27.1 Å². The topological polar surface area (TPSA) is 63.4 Å². The highest BCUT2D eigenvalue weighted by Crippen LogP contribution is 2.29. The summed E-state index contributed by atoms with van der Waals surface area (Å²) in [6.45, 7) is 2.98. The molecule has 0 saturated carbocycles. The smallest absolute Gasteiger partial charge is 0.153 e. The van der Waals surface area contributed by atoms with Gasteiger partial charge in [-0.2, -0.15) is 0 Å². The maximum atomic E-state index is 11.5. The van der Waals surface area contributed by atoms with Gasteiger partial charge in [0.1, 0.15) is 0 Å². The second-order valence-electron chi connectivity index (χ2n) is 5.06. The lowest BCUT2D eigenvalue weighted by Gasteiger charge is -2.31. The fourth-order valence-corrected chi connectivity index (χ4v) is 3.77. The van der Waals surface area contributed by atoms with Crippen LogP contribution in [-0.4, -0.2) is 39.1 Å². The number of nitrogens with two attached hydrogens (primary N) is 1. The van der Waals surface area contributed by atoms with Gasteiger partial charge in [0.15, 0.2) is 9.84 Å². The van der Waals surface area contributed by atoms with E-state index in [4.69, 9.17) is 17.3 Å². The summed E-state index contributed by atoms with van der Waals surface area (Å²) in [4.78, 5) is 2.09. The first-order valence-electron chi connectivity index (χ1n) is 6.37. The highest BCUT2D eigenvalue weighted by atomic mass is 35.5. The Labute approximate surface area is 119 Å². The highest BCUT2D eigenvalue weighted by molar-refractivity contribution is 7.91. The molecule has 0 amide bonds. The van der Waals surface area contributed by atoms with E-state index in [0.717, 1.165) is 11.3 Å². The van der Waals surface area contributed by atoms with E-state index in [9.17, 15) is 8.42 Å². The quantitative estimate of drug-likeness (QED) is 0.918. The molecule has 1 heterocycles. The first-order chi connectivity index (χ1) is 8.89. The van der Waals surface area contributed by atoms with Gasteiger partial charge in [-0.05, 0) is 31.0 Å². The molecule has 1 atom stereocenters. The van der Waals surface area contributed by atoms with Crippen molar-refractivity contribution in [3.63, 3.8) is 0 Å². The number of halogens is 1. The molecule has 0 aromatic heterocycles. The van der Waals surface area contributed by atoms with E-state index in [0.29, 0.717) is 24.5 Å². The van der Waals surface area contributed by atoms with E-state index in [-0.39, 0.29) is 17.5 Å². The molecule has 2 N–H and O–H groups in total. The van der Waals surface area contributed by atoms with Crippen LogP contribution >= 0.6 is 11.6 Å². The van der Waals surface area contributed by atoms with Crippen molar-refractivity contribution < 1.29 is 8.42 Å². The maximum absolute atomic E-state index is 11.5. The van der Waals surface area contributed by atoms with Gasteiger partial charge in [0.05, 0.1) is 11.5 Å². The van der Waals surface area contributed by atoms with Crippen LogP contribution in [0.3, 0.4) is 0 Å². The molecule has 0 spiro atoms. The molecule has 0 aliphatic carbocycles. The van der Waals surface area contributed by atoms with E-state index in [1.807, 2.05) is 25.1 Å². The molecule has 6 heteroatoms. The third-order valence-electron chi connectivity index (χ3n) is 3.31. The summed E-state index contributed by atoms with van der Waals surface area (Å²) in [6.07, 6.45) is 0.693. The summed E-state index contributed by atoms with van der Waals surface area (Å²) in [5.74, 6) is 0.411. The van der Waals surface area contributed by atoms with Crippen LogP contribution in [0.1, 0.15) is 12.5 Å². The van der Waals surface area contributed by atoms with E-state index in [2.05, 4.69) is 4.90 Å². The number of rotatable bonds is 3. The predicted molar refractivity (Wildman–Crippen MR) is 79.7 cm³/mol. The van der Waals surface area contributed by atoms with Gasteiger partial charge in [0, 0.05) is 29.8 Å². The Balaban J connectivity index is 2.27. The molecule has 1 aromatic rings. The Hall–Kier alpha value is -0.780. The molecule has 4 nitrogen and oxygen atoms in total. The van der Waals surface area contributed by atoms with Crippen molar-refractivity contribution in [2.45, 2.75) is 19.4 Å². The highest BCUT2D eigenvalue weighted by Gasteiger charge is 2.24. The van der Waals surface area contributed by atoms with Crippen molar-refractivity contribution in [3.05, 3.63) is 28.8 Å². The van der Waals surface area contributed by atoms with E-state index in [1.54, 1.807) is 0 Å². The van der Waals surface area contributed by atoms with Crippen molar-refractivity contribution in [3.8, 4) is 0 Å². The van der Waals surface area contributed by atoms with E-state index in [1.165, 1.54) is 0 Å². The zero-order chi connectivity index (χ0) is 14.0. The third-order valence-corrected chi connectivity index (χ3v) is 5.27. The van der Waals surface area contributed by atoms with Crippen LogP contribution in [0, 0.1) is 0 Å². The Morgan fingerprint density at radius 3 is 2.58 bits per heavy atom. The summed E-state index contributed by atoms with van der Waals surface area (Å²) >= 11 is 6.25. The summed E-state index contributed by atoms with van der Waals surface area (Å²) in [5.41, 5.74) is 7.89. The molecule has 1 aliphatic heterocycles. The Kier molecular flexibility index (Phi) is 4.38. The fraction of sp³-hybridized carbons (Fsp3) is 0.538. The van der Waals surface area contributed by atoms with Crippen LogP contribution in [0.25, 0.3) is 0 Å². The lowest BCUT2D eigenvalue weighted by molar-refractivity contribution is 0.586. The molecular weight excluding hydrogens is 284 g/mol. The molecular formula is C13H19ClN2O2S. The molecule has 0 bridgehead atoms. The zero-order valence-corrected chi connectivity index (χ0v) is 12.5. The fourth-order valence-electron chi connectivity index (χ4n) is 2.32. The number of benzene rings is 1. The standard InChI is InChI=1S/C13H19ClN2O2S/c1-10(15)9-11-12(14)3-2-4-13(11)16-5-7-19(17,18)8-6-16/h2-4,10H,5-9,15H2,1H3. The number of anilines is 1. The summed E-state index contributed by atoms with van der Waals surface area (Å²) in [5, 5.41) is 0.697. The van der Waals surface area contributed by atoms with Gasteiger partial charge in [-0.1, -0.05) is 17.7 Å². The van der Waals surface area contributed by atoms with Gasteiger partial charge < -0.3 is 10.6 Å². The summed E-state index contributed by atoms with van der Waals surface area (Å²) in [7, 11) is -2.87. The molecule has 0 radical (unpaired) electrons. The Morgan fingerprint density at radius 2 is 2.00 bits per heavy atom. The van der Waals surface area contributed by atoms with Crippen LogP contribution in [0.4, 0.5) is 5.69 Å². The van der Waals surface area contributed by atoms with Gasteiger partial charge in [0.2, 0.25) is 0 Å². The average molecular weight is 303 g/mol. The number of hydrogen-bond acceptors (Lipinski definition) is 4. The van der Waals surface area contributed by atoms with Crippen LogP contribution in [0.15, 0.2) is 18.2 Å². The average Bonchev–Trinajstić information content (AvgIpc) is 2.32. The van der Waals surface area contributed by atoms with Crippen LogP contribution < -0.4 is 10.6 Å². The van der Waals surface area contributed by atoms with Gasteiger partial charge in [-0.25, -0.2) is 8.42 Å². The first kappa shape index (κ1) is 14.6. The lowest BCUT2D eigenvalue weighted by Crippen LogP contribution is -2.41. The summed E-state index contributed by atoms with van der Waals surface area (Å²) in [6, 6.07) is 5.75. The number of sulfone groups is 1. The number of hydrogen-bond donors (Lipinski definition) is 1. The minimum atomic E-state index is -2.87. The zero-order valence-electron chi connectivity index (χ0n) is 11.0. The van der Waals surface area contributed by atoms with Gasteiger partial charge in [0.25, 0.3) is 0 Å². The Morgan fingerprint density at radius 1 is 1.37 bits per heavy atom. The van der Waals surface area contributed by atoms with Gasteiger partial charge in [-0.3, -0.25) is 0 Å². The molecule has 1 unspecified atom stereocenters. The van der Waals surface area contributed by atoms with Crippen molar-refractivity contribution in [1.82, 2.24) is 0 Å². The molecule has 1 fully saturated rings. The van der Waals surface area contributed by atoms with Crippen molar-refractivity contribution in [2.75, 3.05) is 29.5 Å². The van der Waals surface area contributed by atoms with E-state index < -0.39 is 9.84 Å². The van der Waals surface area contributed by atoms with Crippen molar-refractivity contribution in [1.29, 1.82) is 0 Å². The SMILES string of the molecule is CC(N)Cc1c(Cl)cccc1N1CCS(=O)(=O)CC1. The van der Waals surface area contributed by atoms with Crippen molar-refractivity contribution in [2.24, 2.45) is 5.73 Å². The minimum Gasteiger partial charge on any atom is -0.369 e. The van der Waals surface area contributed by atoms with Crippen LogP contribution in [-0.2, 0) is 16.3 Å². The predicted octanol–water partition coefficient (Wildman–Crippen LogP) is 1.46. The molecule has 1 aromatic carbocycles. The third kappa shape index (κ3) is 3.61. The van der Waals surface area contributed by atoms with Gasteiger partial charge in [-0.15, -0.1) is 0 Å². The number of nitrogens with zero attached hydrogens (tertiary/aromatic N) is 1. The molecule has 19 heavy (non-hydrogen) atoms. The lowest BCUT2D eigenvalue weighted by atomic mass is 10.0. The largest absolute Gasteiger partial charge is 0.369 e. The maximum Gasteiger partial charge on any atom is 0.153 e. The molecule has 1 saturated heterocycles. The van der Waals surface area contributed by atoms with E-state index >= 15 is 0 Å². The van der Waals surface area contributed by atoms with Gasteiger partial charge >= 0.3 is 0 Å². The Bertz CT molecular complexity index is 544. The monoisotopic (exact) mass is 302 g/mol. The first-order valence-corrected chi connectivity index (χ1v) is 8.57. The second-order valence-corrected chi connectivity index (χ2v) is 7.77. The molecule has 106 valence electrons. The minimum absolute atomic E-state index is 0.0205. The van der Waals surface area contributed by atoms with Crippen LogP contribution in [0.5, 0.6) is 0 Å². The normalized spacial score (nSPS) is 20.3.